The maximum atomic E-state index is 6.50. The smallest absolute Gasteiger partial charge is 0.161 e. The number of rotatable bonds is 5. The zero-order valence-corrected chi connectivity index (χ0v) is 23.5. The van der Waals surface area contributed by atoms with Crippen molar-refractivity contribution in [1.82, 2.24) is 4.98 Å². The Labute approximate surface area is 231 Å². The lowest BCUT2D eigenvalue weighted by Gasteiger charge is -2.18. The summed E-state index contributed by atoms with van der Waals surface area (Å²) in [5.74, 6) is 1.27. The van der Waals surface area contributed by atoms with Crippen LogP contribution in [0, 0.1) is 5.41 Å². The van der Waals surface area contributed by atoms with Crippen molar-refractivity contribution in [3.05, 3.63) is 114 Å². The Kier molecular flexibility index (Phi) is 6.35. The minimum atomic E-state index is 0.288. The van der Waals surface area contributed by atoms with Gasteiger partial charge in [-0.05, 0) is 75.0 Å². The normalized spacial score (nSPS) is 12.1. The van der Waals surface area contributed by atoms with E-state index in [9.17, 15) is 0 Å². The van der Waals surface area contributed by atoms with Gasteiger partial charge in [0.05, 0.1) is 0 Å². The Morgan fingerprint density at radius 2 is 1.36 bits per heavy atom. The summed E-state index contributed by atoms with van der Waals surface area (Å²) in [6.07, 6.45) is 2.96. The van der Waals surface area contributed by atoms with Gasteiger partial charge in [-0.25, -0.2) is 0 Å². The Morgan fingerprint density at radius 1 is 0.692 bits per heavy atom. The van der Waals surface area contributed by atoms with Crippen LogP contribution in [0.15, 0.2) is 108 Å². The Hall–Kier alpha value is -4.17. The Balaban J connectivity index is 1.34. The second kappa shape index (κ2) is 9.85. The molecule has 0 amide bonds. The van der Waals surface area contributed by atoms with Crippen LogP contribution in [0.3, 0.4) is 0 Å². The maximum Gasteiger partial charge on any atom is 0.161 e. The molecule has 4 aromatic carbocycles. The topological polar surface area (TPSA) is 26.0 Å². The number of fused-ring (bicyclic) bond motifs is 2. The molecule has 0 N–H and O–H groups in total. The molecule has 2 aromatic heterocycles. The summed E-state index contributed by atoms with van der Waals surface area (Å²) in [5.41, 5.74) is 9.30. The van der Waals surface area contributed by atoms with E-state index in [2.05, 4.69) is 126 Å². The maximum absolute atomic E-state index is 6.50. The molecule has 6 aromatic rings. The van der Waals surface area contributed by atoms with Crippen LogP contribution in [0.1, 0.15) is 51.7 Å². The highest BCUT2D eigenvalue weighted by molar-refractivity contribution is 5.97. The van der Waals surface area contributed by atoms with Gasteiger partial charge in [0.1, 0.15) is 11.5 Å². The van der Waals surface area contributed by atoms with Crippen molar-refractivity contribution < 1.29 is 4.42 Å². The molecule has 0 radical (unpaired) electrons. The number of benzene rings is 4. The minimum Gasteiger partial charge on any atom is -0.454 e. The monoisotopic (exact) mass is 509 g/mol. The van der Waals surface area contributed by atoms with Crippen molar-refractivity contribution in [3.8, 4) is 33.7 Å². The average Bonchev–Trinajstić information content (AvgIpc) is 3.37. The van der Waals surface area contributed by atoms with Gasteiger partial charge in [0.2, 0.25) is 0 Å². The summed E-state index contributed by atoms with van der Waals surface area (Å²) in [6.45, 7) is 11.3. The fraction of sp³-hybridized carbons (Fsp3) is 0.216. The quantitative estimate of drug-likeness (QED) is 0.231. The Bertz CT molecular complexity index is 1760. The largest absolute Gasteiger partial charge is 0.454 e. The number of hydrogen-bond donors (Lipinski definition) is 0. The van der Waals surface area contributed by atoms with E-state index < -0.39 is 0 Å². The molecule has 0 aliphatic carbocycles. The lowest BCUT2D eigenvalue weighted by molar-refractivity contribution is 0.411. The predicted molar refractivity (Wildman–Crippen MR) is 165 cm³/mol. The first kappa shape index (κ1) is 25.1. The van der Waals surface area contributed by atoms with Gasteiger partial charge in [0.25, 0.3) is 0 Å². The lowest BCUT2D eigenvalue weighted by atomic mass is 9.87. The van der Waals surface area contributed by atoms with Crippen LogP contribution in [0.5, 0.6) is 0 Å². The van der Waals surface area contributed by atoms with Crippen LogP contribution in [-0.4, -0.2) is 4.98 Å². The first-order chi connectivity index (χ1) is 18.7. The summed E-state index contributed by atoms with van der Waals surface area (Å²) in [6, 6.07) is 34.9. The number of furan rings is 1. The molecule has 2 nitrogen and oxygen atoms in total. The molecule has 6 rings (SSSR count). The highest BCUT2D eigenvalue weighted by atomic mass is 16.3. The van der Waals surface area contributed by atoms with Crippen LogP contribution < -0.4 is 0 Å². The molecule has 0 saturated heterocycles. The molecule has 0 aliphatic heterocycles. The molecule has 0 unspecified atom stereocenters. The molecule has 2 heterocycles. The summed E-state index contributed by atoms with van der Waals surface area (Å²) < 4.78 is 6.50. The second-order valence-electron chi connectivity index (χ2n) is 12.1. The van der Waals surface area contributed by atoms with Gasteiger partial charge >= 0.3 is 0 Å². The van der Waals surface area contributed by atoms with Gasteiger partial charge in [-0.15, -0.1) is 0 Å². The molecule has 2 heteroatoms. The average molecular weight is 510 g/mol. The number of pyridine rings is 1. The van der Waals surface area contributed by atoms with Crippen molar-refractivity contribution in [2.24, 2.45) is 5.41 Å². The van der Waals surface area contributed by atoms with E-state index in [4.69, 9.17) is 9.40 Å². The fourth-order valence-corrected chi connectivity index (χ4v) is 5.52. The zero-order chi connectivity index (χ0) is 27.1. The van der Waals surface area contributed by atoms with Crippen LogP contribution in [0.25, 0.3) is 55.4 Å². The van der Waals surface area contributed by atoms with E-state index in [1.165, 1.54) is 33.0 Å². The van der Waals surface area contributed by atoms with E-state index in [0.29, 0.717) is 5.92 Å². The molecule has 0 bridgehead atoms. The van der Waals surface area contributed by atoms with Crippen LogP contribution in [-0.2, 0) is 6.42 Å². The van der Waals surface area contributed by atoms with Gasteiger partial charge < -0.3 is 4.42 Å². The van der Waals surface area contributed by atoms with Crippen molar-refractivity contribution in [2.75, 3.05) is 0 Å². The van der Waals surface area contributed by atoms with Crippen molar-refractivity contribution in [2.45, 2.75) is 47.0 Å². The van der Waals surface area contributed by atoms with Gasteiger partial charge in [-0.2, -0.15) is 0 Å². The molecule has 0 saturated carbocycles. The minimum absolute atomic E-state index is 0.288. The van der Waals surface area contributed by atoms with Crippen LogP contribution >= 0.6 is 0 Å². The molecular formula is C37H35NO. The first-order valence-electron chi connectivity index (χ1n) is 13.9. The highest BCUT2D eigenvalue weighted by Crippen LogP contribution is 2.37. The molecule has 194 valence electrons. The number of nitrogens with zero attached hydrogens (tertiary/aromatic N) is 1. The number of aromatic nitrogens is 1. The van der Waals surface area contributed by atoms with Gasteiger partial charge in [-0.3, -0.25) is 4.98 Å². The lowest BCUT2D eigenvalue weighted by Crippen LogP contribution is -2.08. The van der Waals surface area contributed by atoms with E-state index in [1.807, 2.05) is 12.3 Å². The van der Waals surface area contributed by atoms with E-state index in [1.54, 1.807) is 0 Å². The molecule has 0 aliphatic rings. The van der Waals surface area contributed by atoms with Gasteiger partial charge in [0.15, 0.2) is 5.58 Å². The molecule has 0 spiro atoms. The van der Waals surface area contributed by atoms with Crippen molar-refractivity contribution in [3.63, 3.8) is 0 Å². The molecule has 0 atom stereocenters. The third-order valence-electron chi connectivity index (χ3n) is 7.41. The standard InChI is InChI=1S/C37H35NO/c1-24(2)33-21-31(20-29-8-6-7-9-32(29)33)35-36-30(18-19-38-35)22-34(39-36)28-16-14-27(15-17-28)26-12-10-25(11-13-26)23-37(3,4)5/h6-22,24H,23H2,1-5H3. The Morgan fingerprint density at radius 3 is 2.05 bits per heavy atom. The summed E-state index contributed by atoms with van der Waals surface area (Å²) in [7, 11) is 0. The first-order valence-corrected chi connectivity index (χ1v) is 13.9. The van der Waals surface area contributed by atoms with Crippen molar-refractivity contribution in [1.29, 1.82) is 0 Å². The summed E-state index contributed by atoms with van der Waals surface area (Å²) in [5, 5.41) is 3.59. The van der Waals surface area contributed by atoms with Gasteiger partial charge in [0, 0.05) is 22.7 Å². The number of hydrogen-bond acceptors (Lipinski definition) is 2. The van der Waals surface area contributed by atoms with E-state index in [-0.39, 0.29) is 5.41 Å². The van der Waals surface area contributed by atoms with Crippen molar-refractivity contribution >= 4 is 21.7 Å². The van der Waals surface area contributed by atoms with E-state index >= 15 is 0 Å². The molecule has 0 fully saturated rings. The molecular weight excluding hydrogens is 474 g/mol. The molecule has 39 heavy (non-hydrogen) atoms. The SMILES string of the molecule is CC(C)c1cc(-c2nccc3cc(-c4ccc(-c5ccc(CC(C)(C)C)cc5)cc4)oc23)cc2ccccc12. The second-order valence-corrected chi connectivity index (χ2v) is 12.1. The third-order valence-corrected chi connectivity index (χ3v) is 7.41. The fourth-order valence-electron chi connectivity index (χ4n) is 5.52. The summed E-state index contributed by atoms with van der Waals surface area (Å²) in [4.78, 5) is 4.78. The third kappa shape index (κ3) is 5.12. The van der Waals surface area contributed by atoms with E-state index in [0.717, 1.165) is 40.0 Å². The zero-order valence-electron chi connectivity index (χ0n) is 23.5. The van der Waals surface area contributed by atoms with Crippen LogP contribution in [0.4, 0.5) is 0 Å². The predicted octanol–water partition coefficient (Wildman–Crippen LogP) is 10.7. The summed E-state index contributed by atoms with van der Waals surface area (Å²) >= 11 is 0. The van der Waals surface area contributed by atoms with Crippen LogP contribution in [0.2, 0.25) is 0 Å². The van der Waals surface area contributed by atoms with Gasteiger partial charge in [-0.1, -0.05) is 107 Å². The highest BCUT2D eigenvalue weighted by Gasteiger charge is 2.16.